The summed E-state index contributed by atoms with van der Waals surface area (Å²) in [6.07, 6.45) is 28.4. The van der Waals surface area contributed by atoms with Gasteiger partial charge in [-0.25, -0.2) is 0 Å². The van der Waals surface area contributed by atoms with Gasteiger partial charge in [-0.2, -0.15) is 0 Å². The zero-order valence-corrected chi connectivity index (χ0v) is 33.1. The van der Waals surface area contributed by atoms with E-state index < -0.39 is 43.4 Å². The number of carbonyl (C=O) groups excluding carboxylic acids is 1. The Bertz CT molecular complexity index is 752. The van der Waals surface area contributed by atoms with E-state index in [9.17, 15) is 25.2 Å². The lowest BCUT2D eigenvalue weighted by molar-refractivity contribution is -0.305. The molecule has 51 heavy (non-hydrogen) atoms. The van der Waals surface area contributed by atoms with Crippen molar-refractivity contribution in [2.75, 3.05) is 26.4 Å². The van der Waals surface area contributed by atoms with Gasteiger partial charge in [0.25, 0.3) is 0 Å². The van der Waals surface area contributed by atoms with Gasteiger partial charge in [0.05, 0.1) is 19.8 Å². The second kappa shape index (κ2) is 34.9. The number of rotatable bonds is 37. The van der Waals surface area contributed by atoms with E-state index in [2.05, 4.69) is 13.8 Å². The maximum Gasteiger partial charge on any atom is 0.306 e. The molecule has 0 amide bonds. The van der Waals surface area contributed by atoms with Gasteiger partial charge in [0.2, 0.25) is 0 Å². The van der Waals surface area contributed by atoms with Crippen molar-refractivity contribution in [3.63, 3.8) is 0 Å². The summed E-state index contributed by atoms with van der Waals surface area (Å²) in [5.41, 5.74) is 0. The summed E-state index contributed by atoms with van der Waals surface area (Å²) < 4.78 is 22.8. The summed E-state index contributed by atoms with van der Waals surface area (Å²) in [6, 6.07) is 0. The van der Waals surface area contributed by atoms with Gasteiger partial charge in [0.1, 0.15) is 30.5 Å². The average molecular weight is 731 g/mol. The van der Waals surface area contributed by atoms with Gasteiger partial charge in [0.15, 0.2) is 6.29 Å². The average Bonchev–Trinajstić information content (AvgIpc) is 3.13. The molecule has 1 aliphatic rings. The quantitative estimate of drug-likeness (QED) is 0.0365. The molecule has 1 fully saturated rings. The van der Waals surface area contributed by atoms with Crippen LogP contribution >= 0.6 is 0 Å². The molecular weight excluding hydrogens is 648 g/mol. The number of unbranched alkanes of at least 4 members (excludes halogenated alkanes) is 26. The SMILES string of the molecule is CCCCCCCCCCCCCCCCCCCOCC(COC1OC(CO)C(O)C(O)C1O)OC(=O)CCCCCCCCCCCCC. The smallest absolute Gasteiger partial charge is 0.306 e. The minimum Gasteiger partial charge on any atom is -0.457 e. The maximum atomic E-state index is 12.7. The molecule has 1 heterocycles. The van der Waals surface area contributed by atoms with Crippen LogP contribution in [0.1, 0.15) is 200 Å². The fourth-order valence-electron chi connectivity index (χ4n) is 6.85. The molecule has 0 aromatic rings. The number of aliphatic hydroxyl groups excluding tert-OH is 4. The van der Waals surface area contributed by atoms with Crippen LogP contribution in [0.15, 0.2) is 0 Å². The van der Waals surface area contributed by atoms with Gasteiger partial charge in [-0.3, -0.25) is 4.79 Å². The van der Waals surface area contributed by atoms with Gasteiger partial charge >= 0.3 is 5.97 Å². The number of esters is 1. The molecule has 0 aliphatic carbocycles. The van der Waals surface area contributed by atoms with E-state index in [1.807, 2.05) is 0 Å². The summed E-state index contributed by atoms with van der Waals surface area (Å²) in [4.78, 5) is 12.7. The van der Waals surface area contributed by atoms with Crippen molar-refractivity contribution in [2.24, 2.45) is 0 Å². The zero-order valence-electron chi connectivity index (χ0n) is 33.1. The highest BCUT2D eigenvalue weighted by atomic mass is 16.7. The van der Waals surface area contributed by atoms with E-state index in [4.69, 9.17) is 18.9 Å². The van der Waals surface area contributed by atoms with Crippen LogP contribution in [-0.4, -0.2) is 89.6 Å². The van der Waals surface area contributed by atoms with E-state index in [1.54, 1.807) is 0 Å². The first kappa shape index (κ1) is 48.2. The fourth-order valence-corrected chi connectivity index (χ4v) is 6.85. The normalized spacial score (nSPS) is 21.3. The highest BCUT2D eigenvalue weighted by molar-refractivity contribution is 5.69. The Morgan fingerprint density at radius 2 is 0.961 bits per heavy atom. The molecule has 9 nitrogen and oxygen atoms in total. The van der Waals surface area contributed by atoms with Gasteiger partial charge < -0.3 is 39.4 Å². The van der Waals surface area contributed by atoms with Crippen molar-refractivity contribution in [1.82, 2.24) is 0 Å². The molecule has 0 saturated carbocycles. The van der Waals surface area contributed by atoms with E-state index in [0.717, 1.165) is 32.1 Å². The summed E-state index contributed by atoms with van der Waals surface area (Å²) in [5, 5.41) is 40.0. The summed E-state index contributed by atoms with van der Waals surface area (Å²) in [6.45, 7) is 4.59. The lowest BCUT2D eigenvalue weighted by atomic mass is 9.99. The molecular formula is C42H82O9. The summed E-state index contributed by atoms with van der Waals surface area (Å²) in [5.74, 6) is -0.310. The zero-order chi connectivity index (χ0) is 37.2. The predicted octanol–water partition coefficient (Wildman–Crippen LogP) is 9.08. The molecule has 0 spiro atoms. The largest absolute Gasteiger partial charge is 0.457 e. The number of hydrogen-bond acceptors (Lipinski definition) is 9. The van der Waals surface area contributed by atoms with E-state index in [-0.39, 0.29) is 19.2 Å². The molecule has 1 aliphatic heterocycles. The van der Waals surface area contributed by atoms with Crippen LogP contribution in [0.4, 0.5) is 0 Å². The second-order valence-corrected chi connectivity index (χ2v) is 15.2. The molecule has 4 N–H and O–H groups in total. The maximum absolute atomic E-state index is 12.7. The molecule has 1 saturated heterocycles. The van der Waals surface area contributed by atoms with Gasteiger partial charge in [-0.15, -0.1) is 0 Å². The van der Waals surface area contributed by atoms with Crippen LogP contribution in [0.2, 0.25) is 0 Å². The highest BCUT2D eigenvalue weighted by Gasteiger charge is 2.44. The van der Waals surface area contributed by atoms with Crippen LogP contribution in [0.3, 0.4) is 0 Å². The number of carbonyl (C=O) groups is 1. The molecule has 6 atom stereocenters. The first-order valence-corrected chi connectivity index (χ1v) is 21.6. The molecule has 1 rings (SSSR count). The fraction of sp³-hybridized carbons (Fsp3) is 0.976. The van der Waals surface area contributed by atoms with Crippen LogP contribution < -0.4 is 0 Å². The Labute approximate surface area is 312 Å². The third kappa shape index (κ3) is 26.6. The van der Waals surface area contributed by atoms with Crippen molar-refractivity contribution < 1.29 is 44.2 Å². The summed E-state index contributed by atoms with van der Waals surface area (Å²) >= 11 is 0. The monoisotopic (exact) mass is 731 g/mol. The number of aliphatic hydroxyl groups is 4. The van der Waals surface area contributed by atoms with Crippen molar-refractivity contribution in [2.45, 2.75) is 237 Å². The van der Waals surface area contributed by atoms with Crippen LogP contribution in [0, 0.1) is 0 Å². The minimum atomic E-state index is -1.53. The van der Waals surface area contributed by atoms with Crippen molar-refractivity contribution >= 4 is 5.97 Å². The van der Waals surface area contributed by atoms with E-state index in [0.29, 0.717) is 13.0 Å². The first-order valence-electron chi connectivity index (χ1n) is 21.6. The Morgan fingerprint density at radius 3 is 1.39 bits per heavy atom. The van der Waals surface area contributed by atoms with Gasteiger partial charge in [-0.05, 0) is 12.8 Å². The molecule has 0 aromatic heterocycles. The van der Waals surface area contributed by atoms with Crippen LogP contribution in [0.25, 0.3) is 0 Å². The molecule has 0 aromatic carbocycles. The van der Waals surface area contributed by atoms with Crippen LogP contribution in [0.5, 0.6) is 0 Å². The van der Waals surface area contributed by atoms with Crippen molar-refractivity contribution in [3.05, 3.63) is 0 Å². The Morgan fingerprint density at radius 1 is 0.549 bits per heavy atom. The van der Waals surface area contributed by atoms with Crippen molar-refractivity contribution in [1.29, 1.82) is 0 Å². The molecule has 0 bridgehead atoms. The van der Waals surface area contributed by atoms with Crippen molar-refractivity contribution in [3.8, 4) is 0 Å². The molecule has 0 radical (unpaired) electrons. The van der Waals surface area contributed by atoms with E-state index in [1.165, 1.54) is 148 Å². The lowest BCUT2D eigenvalue weighted by Gasteiger charge is -2.39. The lowest BCUT2D eigenvalue weighted by Crippen LogP contribution is -2.59. The Kier molecular flexibility index (Phi) is 33.0. The second-order valence-electron chi connectivity index (χ2n) is 15.2. The highest BCUT2D eigenvalue weighted by Crippen LogP contribution is 2.23. The van der Waals surface area contributed by atoms with E-state index >= 15 is 0 Å². The Hall–Kier alpha value is -0.810. The third-order valence-electron chi connectivity index (χ3n) is 10.3. The predicted molar refractivity (Wildman–Crippen MR) is 206 cm³/mol. The Balaban J connectivity index is 2.24. The molecule has 304 valence electrons. The molecule has 6 unspecified atom stereocenters. The molecule has 9 heteroatoms. The van der Waals surface area contributed by atoms with Crippen LogP contribution in [-0.2, 0) is 23.7 Å². The van der Waals surface area contributed by atoms with Gasteiger partial charge in [0, 0.05) is 13.0 Å². The number of ether oxygens (including phenoxy) is 4. The minimum absolute atomic E-state index is 0.105. The first-order chi connectivity index (χ1) is 24.9. The van der Waals surface area contributed by atoms with Gasteiger partial charge in [-0.1, -0.05) is 181 Å². The topological polar surface area (TPSA) is 135 Å². The number of hydrogen-bond donors (Lipinski definition) is 4. The summed E-state index contributed by atoms with van der Waals surface area (Å²) in [7, 11) is 0. The third-order valence-corrected chi connectivity index (χ3v) is 10.3. The standard InChI is InChI=1S/C42H82O9/c1-3-5-7-9-11-13-15-16-17-18-19-20-22-24-26-28-30-32-48-34-36(35-49-42-41(47)40(46)39(45)37(33-43)51-42)50-38(44)31-29-27-25-23-21-14-12-10-8-6-4-2/h36-37,39-43,45-47H,3-35H2,1-2H3.